The Hall–Kier alpha value is -2.12. The fourth-order valence-electron chi connectivity index (χ4n) is 3.90. The Kier molecular flexibility index (Phi) is 2.88. The van der Waals surface area contributed by atoms with Crippen molar-refractivity contribution in [2.75, 3.05) is 0 Å². The lowest BCUT2D eigenvalue weighted by Gasteiger charge is -2.24. The summed E-state index contributed by atoms with van der Waals surface area (Å²) in [5.74, 6) is 0.270. The van der Waals surface area contributed by atoms with E-state index in [2.05, 4.69) is 74.5 Å². The van der Waals surface area contributed by atoms with Gasteiger partial charge in [-0.25, -0.2) is 0 Å². The van der Waals surface area contributed by atoms with E-state index in [9.17, 15) is 0 Å². The maximum Gasteiger partial charge on any atom is 0.0332 e. The van der Waals surface area contributed by atoms with E-state index in [1.165, 1.54) is 27.8 Å². The maximum atomic E-state index is 6.27. The molecule has 0 amide bonds. The van der Waals surface area contributed by atoms with Crippen molar-refractivity contribution in [3.63, 3.8) is 0 Å². The van der Waals surface area contributed by atoms with Gasteiger partial charge in [-0.1, -0.05) is 80.6 Å². The Balaban J connectivity index is 1.87. The number of hydrogen-bond acceptors (Lipinski definition) is 1. The molecule has 2 aliphatic rings. The molecular weight excluding hydrogens is 266 g/mol. The third kappa shape index (κ3) is 1.82. The second-order valence-electron chi connectivity index (χ2n) is 6.85. The van der Waals surface area contributed by atoms with Gasteiger partial charge >= 0.3 is 0 Å². The molecule has 4 rings (SSSR count). The van der Waals surface area contributed by atoms with E-state index < -0.39 is 0 Å². The molecule has 2 aromatic rings. The molecule has 0 saturated heterocycles. The standard InChI is InChI=1S/C21H21N/c1-21(2)18-9-5-3-8-16(18)17-13-14(11-12-19(17)21)15-7-4-6-10-20(15)22/h3-13,15,20H,22H2,1-2H3. The number of benzene rings is 2. The molecule has 0 saturated carbocycles. The molecule has 0 heterocycles. The summed E-state index contributed by atoms with van der Waals surface area (Å²) in [7, 11) is 0. The van der Waals surface area contributed by atoms with Gasteiger partial charge in [0.1, 0.15) is 0 Å². The maximum absolute atomic E-state index is 6.27. The second kappa shape index (κ2) is 4.69. The van der Waals surface area contributed by atoms with E-state index >= 15 is 0 Å². The summed E-state index contributed by atoms with van der Waals surface area (Å²) in [6.07, 6.45) is 8.42. The number of nitrogens with two attached hydrogens (primary N) is 1. The highest BCUT2D eigenvalue weighted by molar-refractivity contribution is 5.81. The number of allylic oxidation sites excluding steroid dienone is 2. The average Bonchev–Trinajstić information content (AvgIpc) is 2.76. The molecule has 2 aromatic carbocycles. The van der Waals surface area contributed by atoms with Crippen LogP contribution in [0.2, 0.25) is 0 Å². The van der Waals surface area contributed by atoms with Crippen molar-refractivity contribution in [1.82, 2.24) is 0 Å². The van der Waals surface area contributed by atoms with Crippen molar-refractivity contribution in [2.24, 2.45) is 5.73 Å². The summed E-state index contributed by atoms with van der Waals surface area (Å²) < 4.78 is 0. The molecular formula is C21H21N. The van der Waals surface area contributed by atoms with Crippen LogP contribution in [-0.2, 0) is 5.41 Å². The largest absolute Gasteiger partial charge is 0.324 e. The van der Waals surface area contributed by atoms with Crippen LogP contribution in [0.15, 0.2) is 66.8 Å². The van der Waals surface area contributed by atoms with E-state index in [0.717, 1.165) is 0 Å². The normalized spacial score (nSPS) is 24.1. The molecule has 0 aliphatic heterocycles. The van der Waals surface area contributed by atoms with Crippen molar-refractivity contribution in [3.8, 4) is 11.1 Å². The quantitative estimate of drug-likeness (QED) is 0.819. The lowest BCUT2D eigenvalue weighted by atomic mass is 9.81. The van der Waals surface area contributed by atoms with E-state index in [4.69, 9.17) is 5.73 Å². The number of hydrogen-bond donors (Lipinski definition) is 1. The zero-order valence-corrected chi connectivity index (χ0v) is 13.1. The number of fused-ring (bicyclic) bond motifs is 3. The Morgan fingerprint density at radius 3 is 2.41 bits per heavy atom. The molecule has 1 nitrogen and oxygen atoms in total. The first kappa shape index (κ1) is 13.5. The van der Waals surface area contributed by atoms with Crippen LogP contribution in [0.4, 0.5) is 0 Å². The number of rotatable bonds is 1. The minimum absolute atomic E-state index is 0.0627. The Morgan fingerprint density at radius 1 is 0.864 bits per heavy atom. The molecule has 2 unspecified atom stereocenters. The topological polar surface area (TPSA) is 26.0 Å². The molecule has 22 heavy (non-hydrogen) atoms. The van der Waals surface area contributed by atoms with Crippen molar-refractivity contribution in [1.29, 1.82) is 0 Å². The van der Waals surface area contributed by atoms with Crippen LogP contribution in [0.3, 0.4) is 0 Å². The molecule has 1 heteroatoms. The smallest absolute Gasteiger partial charge is 0.0332 e. The van der Waals surface area contributed by atoms with E-state index in [1.54, 1.807) is 0 Å². The minimum atomic E-state index is 0.0627. The van der Waals surface area contributed by atoms with E-state index in [1.807, 2.05) is 6.08 Å². The summed E-state index contributed by atoms with van der Waals surface area (Å²) in [5, 5.41) is 0. The van der Waals surface area contributed by atoms with E-state index in [0.29, 0.717) is 0 Å². The zero-order valence-electron chi connectivity index (χ0n) is 13.1. The van der Waals surface area contributed by atoms with Gasteiger partial charge in [-0.2, -0.15) is 0 Å². The molecule has 110 valence electrons. The third-order valence-corrected chi connectivity index (χ3v) is 5.17. The first-order chi connectivity index (χ1) is 10.6. The second-order valence-corrected chi connectivity index (χ2v) is 6.85. The fourth-order valence-corrected chi connectivity index (χ4v) is 3.90. The SMILES string of the molecule is CC1(C)c2ccccc2-c2cc(C3C=CC=CC3N)ccc21. The lowest BCUT2D eigenvalue weighted by molar-refractivity contribution is 0.659. The predicted molar refractivity (Wildman–Crippen MR) is 93.0 cm³/mol. The van der Waals surface area contributed by atoms with Crippen LogP contribution in [0.1, 0.15) is 36.5 Å². The third-order valence-electron chi connectivity index (χ3n) is 5.17. The fraction of sp³-hybridized carbons (Fsp3) is 0.238. The molecule has 2 N–H and O–H groups in total. The summed E-state index contributed by atoms with van der Waals surface area (Å²) in [5.41, 5.74) is 13.2. The van der Waals surface area contributed by atoms with Crippen molar-refractivity contribution in [3.05, 3.63) is 83.5 Å². The van der Waals surface area contributed by atoms with Crippen molar-refractivity contribution >= 4 is 0 Å². The summed E-state index contributed by atoms with van der Waals surface area (Å²) >= 11 is 0. The zero-order chi connectivity index (χ0) is 15.3. The van der Waals surface area contributed by atoms with Gasteiger partial charge < -0.3 is 5.73 Å². The highest BCUT2D eigenvalue weighted by atomic mass is 14.6. The monoisotopic (exact) mass is 287 g/mol. The Bertz CT molecular complexity index is 795. The molecule has 2 atom stereocenters. The first-order valence-electron chi connectivity index (χ1n) is 7.94. The minimum Gasteiger partial charge on any atom is -0.324 e. The van der Waals surface area contributed by atoms with Gasteiger partial charge in [-0.3, -0.25) is 0 Å². The van der Waals surface area contributed by atoms with Gasteiger partial charge in [0.2, 0.25) is 0 Å². The molecule has 0 aromatic heterocycles. The van der Waals surface area contributed by atoms with Crippen molar-refractivity contribution < 1.29 is 0 Å². The van der Waals surface area contributed by atoms with Crippen LogP contribution in [0.25, 0.3) is 11.1 Å². The highest BCUT2D eigenvalue weighted by Gasteiger charge is 2.35. The van der Waals surface area contributed by atoms with E-state index in [-0.39, 0.29) is 17.4 Å². The molecule has 0 fully saturated rings. The Morgan fingerprint density at radius 2 is 1.59 bits per heavy atom. The van der Waals surface area contributed by atoms with Gasteiger partial charge in [0.05, 0.1) is 0 Å². The van der Waals surface area contributed by atoms with Gasteiger partial charge in [0.25, 0.3) is 0 Å². The molecule has 0 radical (unpaired) electrons. The molecule has 0 bridgehead atoms. The first-order valence-corrected chi connectivity index (χ1v) is 7.94. The summed E-state index contributed by atoms with van der Waals surface area (Å²) in [4.78, 5) is 0. The van der Waals surface area contributed by atoms with Crippen LogP contribution >= 0.6 is 0 Å². The van der Waals surface area contributed by atoms with Gasteiger partial charge in [0, 0.05) is 17.4 Å². The summed E-state index contributed by atoms with van der Waals surface area (Å²) in [6.45, 7) is 4.62. The van der Waals surface area contributed by atoms with Gasteiger partial charge in [-0.15, -0.1) is 0 Å². The van der Waals surface area contributed by atoms with Crippen LogP contribution in [0, 0.1) is 0 Å². The van der Waals surface area contributed by atoms with Crippen molar-refractivity contribution in [2.45, 2.75) is 31.2 Å². The van der Waals surface area contributed by atoms with Gasteiger partial charge in [-0.05, 0) is 27.8 Å². The van der Waals surface area contributed by atoms with Gasteiger partial charge in [0.15, 0.2) is 0 Å². The summed E-state index contributed by atoms with van der Waals surface area (Å²) in [6, 6.07) is 15.7. The highest BCUT2D eigenvalue weighted by Crippen LogP contribution is 2.49. The van der Waals surface area contributed by atoms with Crippen LogP contribution in [0.5, 0.6) is 0 Å². The molecule has 0 spiro atoms. The predicted octanol–water partition coefficient (Wildman–Crippen LogP) is 4.53. The average molecular weight is 287 g/mol. The lowest BCUT2D eigenvalue weighted by Crippen LogP contribution is -2.26. The molecule has 2 aliphatic carbocycles. The van der Waals surface area contributed by atoms with Crippen LogP contribution in [-0.4, -0.2) is 6.04 Å². The van der Waals surface area contributed by atoms with Crippen LogP contribution < -0.4 is 5.73 Å². The Labute approximate surface area is 132 Å².